The maximum Gasteiger partial charge on any atom is 0.259 e. The van der Waals surface area contributed by atoms with E-state index >= 15 is 0 Å². The van der Waals surface area contributed by atoms with E-state index in [0.717, 1.165) is 17.0 Å². The fraction of sp³-hybridized carbons (Fsp3) is 0.222. The summed E-state index contributed by atoms with van der Waals surface area (Å²) in [6.45, 7) is 3.34. The van der Waals surface area contributed by atoms with Crippen LogP contribution in [0.1, 0.15) is 21.5 Å². The molecule has 0 N–H and O–H groups in total. The molecule has 3 heteroatoms. The van der Waals surface area contributed by atoms with E-state index in [4.69, 9.17) is 0 Å². The van der Waals surface area contributed by atoms with Gasteiger partial charge in [0, 0.05) is 18.5 Å². The molecule has 1 heterocycles. The number of hydrogen-bond acceptors (Lipinski definition) is 2. The minimum atomic E-state index is 0.0558. The summed E-state index contributed by atoms with van der Waals surface area (Å²) in [5, 5.41) is 0. The van der Waals surface area contributed by atoms with Crippen molar-refractivity contribution in [3.63, 3.8) is 0 Å². The van der Waals surface area contributed by atoms with Gasteiger partial charge < -0.3 is 0 Å². The van der Waals surface area contributed by atoms with Crippen LogP contribution < -0.4 is 0 Å². The Bertz CT molecular complexity index is 677. The zero-order valence-corrected chi connectivity index (χ0v) is 12.1. The van der Waals surface area contributed by atoms with E-state index in [0.29, 0.717) is 19.5 Å². The summed E-state index contributed by atoms with van der Waals surface area (Å²) in [6, 6.07) is 17.9. The van der Waals surface area contributed by atoms with Gasteiger partial charge >= 0.3 is 0 Å². The first-order valence-electron chi connectivity index (χ1n) is 7.20. The Labute approximate surface area is 124 Å². The molecule has 0 atom stereocenters. The summed E-state index contributed by atoms with van der Waals surface area (Å²) < 4.78 is 0. The molecular weight excluding hydrogens is 260 g/mol. The lowest BCUT2D eigenvalue weighted by atomic mass is 10.1. The van der Waals surface area contributed by atoms with Crippen molar-refractivity contribution in [1.82, 2.24) is 4.90 Å². The first kappa shape index (κ1) is 13.6. The molecule has 0 radical (unpaired) electrons. The molecule has 0 saturated carbocycles. The fourth-order valence-corrected chi connectivity index (χ4v) is 2.60. The molecule has 0 aromatic heterocycles. The van der Waals surface area contributed by atoms with E-state index in [9.17, 15) is 4.79 Å². The molecule has 3 nitrogen and oxygen atoms in total. The molecule has 1 aliphatic heterocycles. The average Bonchev–Trinajstić information content (AvgIpc) is 2.96. The van der Waals surface area contributed by atoms with Gasteiger partial charge in [-0.15, -0.1) is 0 Å². The molecule has 0 unspecified atom stereocenters. The second-order valence-corrected chi connectivity index (χ2v) is 5.23. The van der Waals surface area contributed by atoms with Gasteiger partial charge in [-0.2, -0.15) is 0 Å². The number of hydrogen-bond donors (Lipinski definition) is 0. The maximum absolute atomic E-state index is 12.7. The Morgan fingerprint density at radius 2 is 1.81 bits per heavy atom. The summed E-state index contributed by atoms with van der Waals surface area (Å²) >= 11 is 0. The van der Waals surface area contributed by atoms with Gasteiger partial charge in [-0.1, -0.05) is 48.5 Å². The second kappa shape index (κ2) is 5.92. The number of carbonyl (C=O) groups excluding carboxylic acids is 1. The van der Waals surface area contributed by atoms with Crippen LogP contribution in [0.15, 0.2) is 59.6 Å². The smallest absolute Gasteiger partial charge is 0.259 e. The van der Waals surface area contributed by atoms with Crippen LogP contribution in [0.5, 0.6) is 0 Å². The molecule has 0 aliphatic carbocycles. The Kier molecular flexibility index (Phi) is 3.82. The molecule has 0 fully saturated rings. The number of aryl methyl sites for hydroxylation is 1. The SMILES string of the molecule is Cc1ccccc1C(=O)N1CCN=C1Cc1ccccc1. The lowest BCUT2D eigenvalue weighted by Crippen LogP contribution is -2.35. The zero-order chi connectivity index (χ0) is 14.7. The summed E-state index contributed by atoms with van der Waals surface area (Å²) in [5.74, 6) is 0.926. The van der Waals surface area contributed by atoms with Crippen LogP contribution in [0.25, 0.3) is 0 Å². The van der Waals surface area contributed by atoms with Crippen LogP contribution in [0.2, 0.25) is 0 Å². The van der Waals surface area contributed by atoms with Gasteiger partial charge in [0.2, 0.25) is 0 Å². The van der Waals surface area contributed by atoms with Crippen molar-refractivity contribution in [1.29, 1.82) is 0 Å². The fourth-order valence-electron chi connectivity index (χ4n) is 2.60. The number of aliphatic imine (C=N–C) groups is 1. The zero-order valence-electron chi connectivity index (χ0n) is 12.1. The van der Waals surface area contributed by atoms with E-state index in [1.165, 1.54) is 5.56 Å². The number of rotatable bonds is 3. The Balaban J connectivity index is 1.81. The summed E-state index contributed by atoms with van der Waals surface area (Å²) in [4.78, 5) is 19.0. The predicted octanol–water partition coefficient (Wildman–Crippen LogP) is 3.09. The van der Waals surface area contributed by atoms with Gasteiger partial charge in [0.25, 0.3) is 5.91 Å². The molecule has 3 rings (SSSR count). The summed E-state index contributed by atoms with van der Waals surface area (Å²) in [5.41, 5.74) is 2.95. The van der Waals surface area contributed by atoms with Crippen LogP contribution >= 0.6 is 0 Å². The van der Waals surface area contributed by atoms with E-state index < -0.39 is 0 Å². The van der Waals surface area contributed by atoms with Crippen LogP contribution in [-0.2, 0) is 6.42 Å². The first-order chi connectivity index (χ1) is 10.3. The van der Waals surface area contributed by atoms with Crippen molar-refractivity contribution in [2.24, 2.45) is 4.99 Å². The molecule has 1 amide bonds. The number of nitrogens with zero attached hydrogens (tertiary/aromatic N) is 2. The first-order valence-corrected chi connectivity index (χ1v) is 7.20. The molecule has 2 aromatic carbocycles. The molecular formula is C18H18N2O. The maximum atomic E-state index is 12.7. The number of amides is 1. The Hall–Kier alpha value is -2.42. The highest BCUT2D eigenvalue weighted by Crippen LogP contribution is 2.15. The van der Waals surface area contributed by atoms with Gasteiger partial charge in [0.15, 0.2) is 0 Å². The average molecular weight is 278 g/mol. The third-order valence-electron chi connectivity index (χ3n) is 3.76. The van der Waals surface area contributed by atoms with Gasteiger partial charge in [0.05, 0.1) is 6.54 Å². The normalized spacial score (nSPS) is 14.1. The highest BCUT2D eigenvalue weighted by molar-refractivity contribution is 6.08. The highest BCUT2D eigenvalue weighted by atomic mass is 16.2. The van der Waals surface area contributed by atoms with Crippen LogP contribution in [0.4, 0.5) is 0 Å². The molecule has 21 heavy (non-hydrogen) atoms. The number of amidine groups is 1. The van der Waals surface area contributed by atoms with E-state index in [1.54, 1.807) is 0 Å². The lowest BCUT2D eigenvalue weighted by Gasteiger charge is -2.19. The quantitative estimate of drug-likeness (QED) is 0.849. The topological polar surface area (TPSA) is 32.7 Å². The Morgan fingerprint density at radius 1 is 1.10 bits per heavy atom. The van der Waals surface area contributed by atoms with Crippen molar-refractivity contribution < 1.29 is 4.79 Å². The monoisotopic (exact) mass is 278 g/mol. The third-order valence-corrected chi connectivity index (χ3v) is 3.76. The molecule has 2 aromatic rings. The number of benzene rings is 2. The molecule has 0 saturated heterocycles. The van der Waals surface area contributed by atoms with Crippen LogP contribution in [0.3, 0.4) is 0 Å². The highest BCUT2D eigenvalue weighted by Gasteiger charge is 2.25. The van der Waals surface area contributed by atoms with Gasteiger partial charge in [-0.25, -0.2) is 0 Å². The molecule has 1 aliphatic rings. The molecule has 0 spiro atoms. The largest absolute Gasteiger partial charge is 0.294 e. The van der Waals surface area contributed by atoms with Crippen LogP contribution in [-0.4, -0.2) is 29.7 Å². The van der Waals surface area contributed by atoms with Crippen molar-refractivity contribution in [3.8, 4) is 0 Å². The Morgan fingerprint density at radius 3 is 2.57 bits per heavy atom. The van der Waals surface area contributed by atoms with Crippen molar-refractivity contribution in [3.05, 3.63) is 71.3 Å². The standard InChI is InChI=1S/C18H18N2O/c1-14-7-5-6-10-16(14)18(21)20-12-11-19-17(20)13-15-8-3-2-4-9-15/h2-10H,11-13H2,1H3. The minimum absolute atomic E-state index is 0.0558. The van der Waals surface area contributed by atoms with E-state index in [2.05, 4.69) is 17.1 Å². The summed E-state index contributed by atoms with van der Waals surface area (Å²) in [6.07, 6.45) is 0.707. The number of carbonyl (C=O) groups is 1. The van der Waals surface area contributed by atoms with E-state index in [1.807, 2.05) is 54.3 Å². The third kappa shape index (κ3) is 2.87. The van der Waals surface area contributed by atoms with Crippen molar-refractivity contribution in [2.75, 3.05) is 13.1 Å². The van der Waals surface area contributed by atoms with Crippen molar-refractivity contribution in [2.45, 2.75) is 13.3 Å². The van der Waals surface area contributed by atoms with Gasteiger partial charge in [-0.05, 0) is 24.1 Å². The lowest BCUT2D eigenvalue weighted by molar-refractivity contribution is 0.0855. The second-order valence-electron chi connectivity index (χ2n) is 5.23. The van der Waals surface area contributed by atoms with E-state index in [-0.39, 0.29) is 5.91 Å². The van der Waals surface area contributed by atoms with Crippen molar-refractivity contribution >= 4 is 11.7 Å². The predicted molar refractivity (Wildman–Crippen MR) is 84.7 cm³/mol. The minimum Gasteiger partial charge on any atom is -0.294 e. The van der Waals surface area contributed by atoms with Gasteiger partial charge in [0.1, 0.15) is 5.84 Å². The molecule has 0 bridgehead atoms. The molecule has 106 valence electrons. The van der Waals surface area contributed by atoms with Gasteiger partial charge in [-0.3, -0.25) is 14.7 Å². The van der Waals surface area contributed by atoms with Crippen LogP contribution in [0, 0.1) is 6.92 Å². The summed E-state index contributed by atoms with van der Waals surface area (Å²) in [7, 11) is 0.